The number of hydrogen-bond acceptors (Lipinski definition) is 0. The molecule has 0 unspecified atom stereocenters. The van der Waals surface area contributed by atoms with Crippen LogP contribution in [0.3, 0.4) is 0 Å². The molecule has 0 saturated heterocycles. The van der Waals surface area contributed by atoms with E-state index in [1.807, 2.05) is 0 Å². The number of fused-ring (bicyclic) bond motifs is 18. The predicted octanol–water partition coefficient (Wildman–Crippen LogP) is 31.1. The van der Waals surface area contributed by atoms with Gasteiger partial charge in [-0.1, -0.05) is 242 Å². The van der Waals surface area contributed by atoms with Crippen LogP contribution in [0.4, 0.5) is 0 Å². The highest BCUT2D eigenvalue weighted by atomic mass is 15.0. The van der Waals surface area contributed by atoms with E-state index in [-0.39, 0.29) is 0 Å². The fraction of sp³-hybridized carbons (Fsp3) is 0.0690. The summed E-state index contributed by atoms with van der Waals surface area (Å²) in [5, 5.41) is 15.5. The first kappa shape index (κ1) is 73.2. The maximum absolute atomic E-state index is 2.43. The Bertz CT molecular complexity index is 7820. The van der Waals surface area contributed by atoms with E-state index in [1.54, 1.807) is 0 Å². The second-order valence-corrected chi connectivity index (χ2v) is 33.5. The molecule has 0 radical (unpaired) electrons. The van der Waals surface area contributed by atoms with Gasteiger partial charge >= 0.3 is 0 Å². The minimum atomic E-state index is 1.17. The molecule has 0 spiro atoms. The number of aromatic nitrogens is 6. The first-order chi connectivity index (χ1) is 59.7. The van der Waals surface area contributed by atoms with Crippen LogP contribution in [-0.2, 0) is 0 Å². The van der Waals surface area contributed by atoms with Crippen LogP contribution in [0.2, 0.25) is 0 Å². The third-order valence-electron chi connectivity index (χ3n) is 25.1. The monoisotopic (exact) mass is 1560 g/mol. The maximum atomic E-state index is 2.43. The topological polar surface area (TPSA) is 29.6 Å². The lowest BCUT2D eigenvalue weighted by molar-refractivity contribution is 1.17. The molecular formula is C116H88N6. The number of para-hydroxylation sites is 4. The molecule has 0 saturated carbocycles. The fourth-order valence-corrected chi connectivity index (χ4v) is 19.4. The Morgan fingerprint density at radius 1 is 0.115 bits per heavy atom. The lowest BCUT2D eigenvalue weighted by atomic mass is 10.0. The number of benzene rings is 18. The van der Waals surface area contributed by atoms with Crippen LogP contribution in [0.5, 0.6) is 0 Å². The van der Waals surface area contributed by atoms with Crippen molar-refractivity contribution in [1.82, 2.24) is 27.4 Å². The van der Waals surface area contributed by atoms with Gasteiger partial charge in [0.15, 0.2) is 0 Å². The molecule has 0 aliphatic carbocycles. The second kappa shape index (κ2) is 29.4. The fourth-order valence-electron chi connectivity index (χ4n) is 19.4. The molecule has 0 atom stereocenters. The van der Waals surface area contributed by atoms with Crippen LogP contribution >= 0.6 is 0 Å². The van der Waals surface area contributed by atoms with Crippen LogP contribution in [0.25, 0.3) is 198 Å². The SMILES string of the molecule is Cc1ccc2c(c1)c1cc(C)ccc1n2-c1cccc(-c2cccc(-n3c4ccccc4c4ccccc43)c2)c1.Cc1ccc2c3ccc(C)cc3n(-c3cccc(-c4cccc(-n5c6cc(C)ccc6c6ccc(C)cc65)c4)c3)c2c1.Cc1ccc2c3ccccc3n(-c3cccc(-c4cccc(-n5c6ccccc6c6ccc(C)cc65)c4)c3)c2c1. The normalized spacial score (nSPS) is 11.8. The largest absolute Gasteiger partial charge is 0.309 e. The van der Waals surface area contributed by atoms with Crippen LogP contribution in [-0.4, -0.2) is 27.4 Å². The van der Waals surface area contributed by atoms with Crippen molar-refractivity contribution >= 4 is 131 Å². The average molecular weight is 1570 g/mol. The Morgan fingerprint density at radius 3 is 0.500 bits per heavy atom. The number of nitrogens with zero attached hydrogens (tertiary/aromatic N) is 6. The summed E-state index contributed by atoms with van der Waals surface area (Å²) in [6.07, 6.45) is 0. The summed E-state index contributed by atoms with van der Waals surface area (Å²) in [6.45, 7) is 17.4. The molecule has 0 fully saturated rings. The summed E-state index contributed by atoms with van der Waals surface area (Å²) in [7, 11) is 0. The van der Waals surface area contributed by atoms with Crippen molar-refractivity contribution in [3.8, 4) is 67.5 Å². The van der Waals surface area contributed by atoms with Crippen molar-refractivity contribution in [2.24, 2.45) is 0 Å². The van der Waals surface area contributed by atoms with Crippen molar-refractivity contribution < 1.29 is 0 Å². The smallest absolute Gasteiger partial charge is 0.0543 e. The zero-order valence-electron chi connectivity index (χ0n) is 69.6. The zero-order chi connectivity index (χ0) is 82.1. The molecule has 0 bridgehead atoms. The molecule has 582 valence electrons. The lowest BCUT2D eigenvalue weighted by Gasteiger charge is -2.13. The van der Waals surface area contributed by atoms with Gasteiger partial charge in [-0.3, -0.25) is 0 Å². The van der Waals surface area contributed by atoms with Gasteiger partial charge in [0.25, 0.3) is 0 Å². The van der Waals surface area contributed by atoms with Gasteiger partial charge in [-0.15, -0.1) is 0 Å². The lowest BCUT2D eigenvalue weighted by Crippen LogP contribution is -1.96. The van der Waals surface area contributed by atoms with Crippen LogP contribution in [0.15, 0.2) is 388 Å². The summed E-state index contributed by atoms with van der Waals surface area (Å²) in [4.78, 5) is 0. The summed E-state index contributed by atoms with van der Waals surface area (Å²) < 4.78 is 14.5. The maximum Gasteiger partial charge on any atom is 0.0543 e. The first-order valence-corrected chi connectivity index (χ1v) is 42.4. The standard InChI is InChI=1S/C40H32N2.2C38H28N2/c1-25-11-15-33-34-16-12-26(2)20-38(34)41(37(33)19-25)31-9-5-7-29(23-31)30-8-6-10-32(24-30)42-39-21-27(3)13-17-35(39)36-18-14-28(4)22-40(36)42;1-25-17-19-33-31-13-3-5-15-35(31)39(37(33)21-25)29-11-7-9-27(23-29)28-10-8-12-30(24-28)40-36-16-6-4-14-32(36)34-20-18-26(2)22-38(34)40;1-25-17-19-37-33(21-25)34-22-26(2)18-20-38(34)40(37)30-12-8-10-28(24-30)27-9-7-11-29(23-27)39-35-15-5-3-13-31(35)32-14-4-6-16-36(32)39/h5-24H,1-4H3;2*3-24H,1-2H3. The van der Waals surface area contributed by atoms with Crippen molar-refractivity contribution in [2.75, 3.05) is 0 Å². The van der Waals surface area contributed by atoms with E-state index in [1.165, 1.54) is 243 Å². The van der Waals surface area contributed by atoms with Crippen molar-refractivity contribution in [3.05, 3.63) is 433 Å². The third kappa shape index (κ3) is 12.5. The summed E-state index contributed by atoms with van der Waals surface area (Å²) in [6, 6.07) is 143. The highest BCUT2D eigenvalue weighted by molar-refractivity contribution is 6.15. The molecular weight excluding hydrogens is 1480 g/mol. The first-order valence-electron chi connectivity index (χ1n) is 42.4. The minimum absolute atomic E-state index is 1.17. The highest BCUT2D eigenvalue weighted by Gasteiger charge is 2.22. The average Bonchev–Trinajstić information content (AvgIpc) is 1.62. The molecule has 24 rings (SSSR count). The van der Waals surface area contributed by atoms with Crippen molar-refractivity contribution in [2.45, 2.75) is 55.4 Å². The van der Waals surface area contributed by atoms with Gasteiger partial charge in [0, 0.05) is 98.8 Å². The molecule has 0 aliphatic heterocycles. The van der Waals surface area contributed by atoms with Gasteiger partial charge < -0.3 is 27.4 Å². The molecule has 6 heterocycles. The molecule has 24 aromatic rings. The molecule has 6 nitrogen and oxygen atoms in total. The van der Waals surface area contributed by atoms with Gasteiger partial charge in [-0.2, -0.15) is 0 Å². The Labute approximate surface area is 709 Å². The second-order valence-electron chi connectivity index (χ2n) is 33.5. The van der Waals surface area contributed by atoms with E-state index in [2.05, 4.69) is 471 Å². The number of aryl methyl sites for hydroxylation is 8. The molecule has 6 heteroatoms. The molecule has 122 heavy (non-hydrogen) atoms. The zero-order valence-corrected chi connectivity index (χ0v) is 69.6. The van der Waals surface area contributed by atoms with Crippen LogP contribution in [0, 0.1) is 55.4 Å². The van der Waals surface area contributed by atoms with E-state index in [0.29, 0.717) is 0 Å². The molecule has 18 aromatic carbocycles. The van der Waals surface area contributed by atoms with Gasteiger partial charge in [-0.05, 0) is 280 Å². The van der Waals surface area contributed by atoms with E-state index in [4.69, 9.17) is 0 Å². The number of rotatable bonds is 9. The van der Waals surface area contributed by atoms with Crippen molar-refractivity contribution in [1.29, 1.82) is 0 Å². The van der Waals surface area contributed by atoms with Crippen molar-refractivity contribution in [3.63, 3.8) is 0 Å². The van der Waals surface area contributed by atoms with Gasteiger partial charge in [-0.25, -0.2) is 0 Å². The molecule has 6 aromatic heterocycles. The molecule has 0 aliphatic rings. The Balaban J connectivity index is 0.000000109. The van der Waals surface area contributed by atoms with Crippen LogP contribution < -0.4 is 0 Å². The molecule has 0 amide bonds. The predicted molar refractivity (Wildman–Crippen MR) is 520 cm³/mol. The van der Waals surface area contributed by atoms with E-state index in [9.17, 15) is 0 Å². The summed E-state index contributed by atoms with van der Waals surface area (Å²) in [5.41, 5.74) is 39.3. The Hall–Kier alpha value is -15.2. The van der Waals surface area contributed by atoms with Crippen LogP contribution in [0.1, 0.15) is 44.5 Å². The van der Waals surface area contributed by atoms with Gasteiger partial charge in [0.2, 0.25) is 0 Å². The summed E-state index contributed by atoms with van der Waals surface area (Å²) >= 11 is 0. The van der Waals surface area contributed by atoms with E-state index >= 15 is 0 Å². The Morgan fingerprint density at radius 2 is 0.279 bits per heavy atom. The van der Waals surface area contributed by atoms with Gasteiger partial charge in [0.1, 0.15) is 0 Å². The quantitative estimate of drug-likeness (QED) is 0.138. The third-order valence-corrected chi connectivity index (χ3v) is 25.1. The number of hydrogen-bond donors (Lipinski definition) is 0. The molecule has 0 N–H and O–H groups in total. The van der Waals surface area contributed by atoms with E-state index in [0.717, 1.165) is 0 Å². The minimum Gasteiger partial charge on any atom is -0.309 e. The summed E-state index contributed by atoms with van der Waals surface area (Å²) in [5.74, 6) is 0. The van der Waals surface area contributed by atoms with Gasteiger partial charge in [0.05, 0.1) is 66.2 Å². The Kier molecular flexibility index (Phi) is 17.6. The van der Waals surface area contributed by atoms with E-state index < -0.39 is 0 Å². The highest BCUT2D eigenvalue weighted by Crippen LogP contribution is 2.43.